The lowest BCUT2D eigenvalue weighted by Crippen LogP contribution is -2.51. The van der Waals surface area contributed by atoms with Crippen LogP contribution in [-0.2, 0) is 24.4 Å². The van der Waals surface area contributed by atoms with E-state index in [9.17, 15) is 21.6 Å². The second kappa shape index (κ2) is 7.12. The fraction of sp³-hybridized carbons (Fsp3) is 0.550. The summed E-state index contributed by atoms with van der Waals surface area (Å²) in [7, 11) is -7.08. The first-order valence-corrected chi connectivity index (χ1v) is 13.0. The van der Waals surface area contributed by atoms with E-state index < -0.39 is 36.1 Å². The third kappa shape index (κ3) is 4.35. The van der Waals surface area contributed by atoms with Gasteiger partial charge in [0, 0.05) is 19.3 Å². The van der Waals surface area contributed by atoms with Gasteiger partial charge in [-0.15, -0.1) is 0 Å². The quantitative estimate of drug-likeness (QED) is 0.700. The first-order chi connectivity index (χ1) is 13.2. The van der Waals surface area contributed by atoms with Crippen LogP contribution < -0.4 is 0 Å². The van der Waals surface area contributed by atoms with Gasteiger partial charge in [-0.25, -0.2) is 21.6 Å². The highest BCUT2D eigenvalue weighted by molar-refractivity contribution is 7.93. The number of fused-ring (bicyclic) bond motifs is 1. The Balaban J connectivity index is 1.97. The number of carbonyl (C=O) groups is 1. The lowest BCUT2D eigenvalue weighted by molar-refractivity contribution is 0.0204. The summed E-state index contributed by atoms with van der Waals surface area (Å²) < 4.78 is 55.0. The molecule has 0 bridgehead atoms. The van der Waals surface area contributed by atoms with Crippen molar-refractivity contribution in [2.75, 3.05) is 25.1 Å². The summed E-state index contributed by atoms with van der Waals surface area (Å²) in [6.07, 6.45) is 2.66. The van der Waals surface area contributed by atoms with E-state index in [-0.39, 0.29) is 36.6 Å². The largest absolute Gasteiger partial charge is 0.444 e. The maximum absolute atomic E-state index is 13.5. The molecule has 1 aromatic rings. The molecule has 0 radical (unpaired) electrons. The van der Waals surface area contributed by atoms with E-state index in [4.69, 9.17) is 4.74 Å². The Morgan fingerprint density at radius 1 is 1.17 bits per heavy atom. The van der Waals surface area contributed by atoms with Gasteiger partial charge in [0.2, 0.25) is 0 Å². The van der Waals surface area contributed by atoms with Crippen LogP contribution in [0.3, 0.4) is 0 Å². The second-order valence-electron chi connectivity index (χ2n) is 8.77. The van der Waals surface area contributed by atoms with Crippen molar-refractivity contribution in [3.63, 3.8) is 0 Å². The van der Waals surface area contributed by atoms with E-state index in [1.807, 2.05) is 0 Å². The van der Waals surface area contributed by atoms with E-state index in [0.29, 0.717) is 11.1 Å². The molecule has 1 spiro atoms. The number of benzene rings is 1. The normalized spacial score (nSPS) is 20.7. The van der Waals surface area contributed by atoms with Crippen LogP contribution >= 0.6 is 0 Å². The molecule has 160 valence electrons. The van der Waals surface area contributed by atoms with E-state index in [1.165, 1.54) is 11.0 Å². The van der Waals surface area contributed by atoms with Crippen molar-refractivity contribution in [1.82, 2.24) is 4.90 Å². The van der Waals surface area contributed by atoms with Crippen LogP contribution in [0.5, 0.6) is 0 Å². The van der Waals surface area contributed by atoms with Gasteiger partial charge in [-0.05, 0) is 50.8 Å². The van der Waals surface area contributed by atoms with Crippen molar-refractivity contribution < 1.29 is 26.4 Å². The van der Waals surface area contributed by atoms with E-state index >= 15 is 0 Å². The van der Waals surface area contributed by atoms with Gasteiger partial charge in [0.25, 0.3) is 0 Å². The van der Waals surface area contributed by atoms with Crippen molar-refractivity contribution in [3.8, 4) is 0 Å². The minimum absolute atomic E-state index is 0.159. The number of hydrogen-bond acceptors (Lipinski definition) is 6. The maximum atomic E-state index is 13.5. The molecular weight excluding hydrogens is 414 g/mol. The number of sulfone groups is 2. The molecule has 1 amide bonds. The molecule has 0 unspecified atom stereocenters. The number of piperidine rings is 1. The summed E-state index contributed by atoms with van der Waals surface area (Å²) in [6.45, 7) is 5.77. The zero-order chi connectivity index (χ0) is 21.7. The highest BCUT2D eigenvalue weighted by Crippen LogP contribution is 2.45. The second-order valence-corrected chi connectivity index (χ2v) is 13.2. The van der Waals surface area contributed by atoms with Crippen molar-refractivity contribution in [3.05, 3.63) is 35.9 Å². The van der Waals surface area contributed by atoms with Crippen LogP contribution in [0.2, 0.25) is 0 Å². The molecule has 0 aromatic heterocycles. The maximum Gasteiger partial charge on any atom is 0.410 e. The lowest BCUT2D eigenvalue weighted by Gasteiger charge is -2.42. The number of likely N-dealkylation sites (tertiary alicyclic amines) is 1. The van der Waals surface area contributed by atoms with E-state index in [1.54, 1.807) is 45.0 Å². The average Bonchev–Trinajstić information content (AvgIpc) is 2.58. The van der Waals surface area contributed by atoms with Crippen LogP contribution in [0.4, 0.5) is 4.79 Å². The Bertz CT molecular complexity index is 1060. The molecule has 0 saturated carbocycles. The van der Waals surface area contributed by atoms with Crippen molar-refractivity contribution >= 4 is 31.3 Å². The highest BCUT2D eigenvalue weighted by Gasteiger charge is 2.49. The van der Waals surface area contributed by atoms with Crippen molar-refractivity contribution in [1.29, 1.82) is 0 Å². The smallest absolute Gasteiger partial charge is 0.410 e. The van der Waals surface area contributed by atoms with Crippen molar-refractivity contribution in [2.45, 2.75) is 48.9 Å². The van der Waals surface area contributed by atoms with Crippen LogP contribution in [0, 0.1) is 0 Å². The van der Waals surface area contributed by atoms with Gasteiger partial charge in [0.15, 0.2) is 19.7 Å². The Hall–Kier alpha value is -1.87. The molecule has 2 aliphatic heterocycles. The van der Waals surface area contributed by atoms with Gasteiger partial charge in [0.05, 0.1) is 15.4 Å². The molecule has 3 rings (SSSR count). The number of ether oxygens (including phenoxy) is 1. The molecule has 1 saturated heterocycles. The molecule has 1 fully saturated rings. The lowest BCUT2D eigenvalue weighted by atomic mass is 9.91. The number of nitrogens with zero attached hydrogens (tertiary/aromatic N) is 1. The fourth-order valence-electron chi connectivity index (χ4n) is 3.87. The van der Waals surface area contributed by atoms with Gasteiger partial charge in [-0.3, -0.25) is 0 Å². The summed E-state index contributed by atoms with van der Waals surface area (Å²) in [6, 6.07) is 6.52. The zero-order valence-corrected chi connectivity index (χ0v) is 18.8. The predicted molar refractivity (Wildman–Crippen MR) is 111 cm³/mol. The monoisotopic (exact) mass is 441 g/mol. The fourth-order valence-corrected chi connectivity index (χ4v) is 6.87. The summed E-state index contributed by atoms with van der Waals surface area (Å²) in [4.78, 5) is 14.0. The van der Waals surface area contributed by atoms with Gasteiger partial charge < -0.3 is 9.64 Å². The van der Waals surface area contributed by atoms with Crippen LogP contribution in [0.25, 0.3) is 5.57 Å². The third-order valence-electron chi connectivity index (χ3n) is 5.17. The minimum Gasteiger partial charge on any atom is -0.444 e. The first-order valence-electron chi connectivity index (χ1n) is 9.46. The van der Waals surface area contributed by atoms with Crippen LogP contribution in [-0.4, -0.2) is 63.3 Å². The topological polar surface area (TPSA) is 97.8 Å². The number of rotatable bonds is 2. The van der Waals surface area contributed by atoms with E-state index in [0.717, 1.165) is 6.26 Å². The molecule has 9 heteroatoms. The van der Waals surface area contributed by atoms with Gasteiger partial charge in [-0.2, -0.15) is 0 Å². The molecule has 0 N–H and O–H groups in total. The minimum atomic E-state index is -3.73. The number of amides is 1. The Labute approximate surface area is 172 Å². The summed E-state index contributed by atoms with van der Waals surface area (Å²) in [5, 5.41) is 0. The molecule has 0 aliphatic carbocycles. The molecular formula is C20H27NO6S2. The molecule has 2 heterocycles. The summed E-state index contributed by atoms with van der Waals surface area (Å²) >= 11 is 0. The summed E-state index contributed by atoms with van der Waals surface area (Å²) in [5.41, 5.74) is 0.312. The average molecular weight is 442 g/mol. The molecule has 7 nitrogen and oxygen atoms in total. The number of hydrogen-bond donors (Lipinski definition) is 0. The van der Waals surface area contributed by atoms with Crippen LogP contribution in [0.1, 0.15) is 39.2 Å². The molecule has 29 heavy (non-hydrogen) atoms. The Kier molecular flexibility index (Phi) is 5.36. The zero-order valence-electron chi connectivity index (χ0n) is 17.1. The van der Waals surface area contributed by atoms with E-state index in [2.05, 4.69) is 0 Å². The highest BCUT2D eigenvalue weighted by atomic mass is 32.2. The van der Waals surface area contributed by atoms with Gasteiger partial charge in [0.1, 0.15) is 5.60 Å². The SMILES string of the molecule is CC(C)(C)OC(=O)N1CCC2(C=C(CS(C)(=O)=O)c3ccccc3S2(=O)=O)CC1. The third-order valence-corrected chi connectivity index (χ3v) is 8.54. The molecule has 2 aliphatic rings. The standard InChI is InChI=1S/C20H27NO6S2/c1-19(2,3)27-18(22)21-11-9-20(10-12-21)13-15(14-28(4,23)24)16-7-5-6-8-17(16)29(20,25)26/h5-8,13H,9-12,14H2,1-4H3. The van der Waals surface area contributed by atoms with Crippen LogP contribution in [0.15, 0.2) is 35.2 Å². The Morgan fingerprint density at radius 2 is 1.76 bits per heavy atom. The molecule has 1 aromatic carbocycles. The first kappa shape index (κ1) is 21.8. The Morgan fingerprint density at radius 3 is 2.31 bits per heavy atom. The van der Waals surface area contributed by atoms with Crippen molar-refractivity contribution in [2.24, 2.45) is 0 Å². The number of carbonyl (C=O) groups excluding carboxylic acids is 1. The predicted octanol–water partition coefficient (Wildman–Crippen LogP) is 2.67. The summed E-state index contributed by atoms with van der Waals surface area (Å²) in [5.74, 6) is -0.225. The van der Waals surface area contributed by atoms with Gasteiger partial charge >= 0.3 is 6.09 Å². The van der Waals surface area contributed by atoms with Gasteiger partial charge in [-0.1, -0.05) is 24.3 Å². The molecule has 0 atom stereocenters.